The van der Waals surface area contributed by atoms with Crippen LogP contribution in [0.2, 0.25) is 0 Å². The molecule has 0 aliphatic carbocycles. The minimum atomic E-state index is -0.398. The van der Waals surface area contributed by atoms with E-state index in [1.807, 2.05) is 0 Å². The van der Waals surface area contributed by atoms with E-state index in [-0.39, 0.29) is 35.0 Å². The molecular weight excluding hydrogens is 484 g/mol. The van der Waals surface area contributed by atoms with Crippen molar-refractivity contribution in [3.05, 3.63) is 54.6 Å². The molecule has 1 aliphatic rings. The van der Waals surface area contributed by atoms with Gasteiger partial charge in [0.2, 0.25) is 23.6 Å². The van der Waals surface area contributed by atoms with Crippen LogP contribution in [-0.4, -0.2) is 62.9 Å². The Kier molecular flexibility index (Phi) is 5.74. The summed E-state index contributed by atoms with van der Waals surface area (Å²) >= 11 is 0. The Balaban J connectivity index is 1.32. The zero-order chi connectivity index (χ0) is 25.2. The summed E-state index contributed by atoms with van der Waals surface area (Å²) in [5, 5.41) is 8.60. The van der Waals surface area contributed by atoms with Gasteiger partial charge in [-0.05, 0) is 12.1 Å². The van der Waals surface area contributed by atoms with Crippen molar-refractivity contribution in [3.8, 4) is 46.3 Å². The quantitative estimate of drug-likeness (QED) is 0.279. The Morgan fingerprint density at radius 1 is 0.514 bits per heavy atom. The average Bonchev–Trinajstić information content (AvgIpc) is 3.73. The molecule has 0 radical (unpaired) electrons. The first-order chi connectivity index (χ1) is 18.1. The van der Waals surface area contributed by atoms with Gasteiger partial charge in [0, 0.05) is 26.2 Å². The van der Waals surface area contributed by atoms with E-state index in [9.17, 15) is 9.59 Å². The van der Waals surface area contributed by atoms with Crippen LogP contribution in [0.25, 0.3) is 46.3 Å². The number of amides is 2. The first-order valence-corrected chi connectivity index (χ1v) is 11.2. The molecule has 10 bridgehead atoms. The molecule has 6 heterocycles. The fraction of sp³-hybridized carbons (Fsp3) is 0.174. The predicted octanol–water partition coefficient (Wildman–Crippen LogP) is 1.76. The van der Waals surface area contributed by atoms with E-state index in [0.29, 0.717) is 49.0 Å². The molecule has 37 heavy (non-hydrogen) atoms. The fourth-order valence-corrected chi connectivity index (χ4v) is 3.48. The van der Waals surface area contributed by atoms with Gasteiger partial charge in [-0.15, -0.1) is 0 Å². The second kappa shape index (κ2) is 9.50. The molecular formula is C23H18N8O6. The largest absolute Gasteiger partial charge is 0.442 e. The van der Waals surface area contributed by atoms with Crippen molar-refractivity contribution in [2.45, 2.75) is 0 Å². The highest BCUT2D eigenvalue weighted by Crippen LogP contribution is 2.27. The van der Waals surface area contributed by atoms with Gasteiger partial charge in [0.15, 0.2) is 22.8 Å². The highest BCUT2D eigenvalue weighted by Gasteiger charge is 2.20. The van der Waals surface area contributed by atoms with Crippen LogP contribution in [0.5, 0.6) is 0 Å². The molecule has 0 saturated heterocycles. The summed E-state index contributed by atoms with van der Waals surface area (Å²) in [4.78, 5) is 46.4. The van der Waals surface area contributed by atoms with Crippen molar-refractivity contribution in [2.75, 3.05) is 26.2 Å². The normalized spacial score (nSPS) is 14.5. The highest BCUT2D eigenvalue weighted by molar-refractivity contribution is 5.92. The SMILES string of the molecule is O=C1NCCNCCNC(=O)c2coc(n2)-c2coc(n2)-c2cccc(n2)-c2nc(co2)-c2nc1co2. The van der Waals surface area contributed by atoms with Gasteiger partial charge in [-0.25, -0.2) is 24.9 Å². The fourth-order valence-electron chi connectivity index (χ4n) is 3.48. The number of oxazole rings is 4. The van der Waals surface area contributed by atoms with Crippen LogP contribution >= 0.6 is 0 Å². The van der Waals surface area contributed by atoms with E-state index in [1.165, 1.54) is 25.1 Å². The van der Waals surface area contributed by atoms with Crippen LogP contribution in [-0.2, 0) is 0 Å². The third-order valence-corrected chi connectivity index (χ3v) is 5.28. The van der Waals surface area contributed by atoms with Crippen molar-refractivity contribution in [1.29, 1.82) is 0 Å². The van der Waals surface area contributed by atoms with Gasteiger partial charge >= 0.3 is 0 Å². The summed E-state index contributed by atoms with van der Waals surface area (Å²) < 4.78 is 22.0. The van der Waals surface area contributed by atoms with E-state index < -0.39 is 11.8 Å². The third kappa shape index (κ3) is 4.60. The van der Waals surface area contributed by atoms with Gasteiger partial charge in [0.1, 0.15) is 36.4 Å². The molecule has 0 fully saturated rings. The summed E-state index contributed by atoms with van der Waals surface area (Å²) in [5.74, 6) is -0.132. The lowest BCUT2D eigenvalue weighted by atomic mass is 10.3. The van der Waals surface area contributed by atoms with E-state index in [4.69, 9.17) is 17.7 Å². The second-order valence-electron chi connectivity index (χ2n) is 7.82. The van der Waals surface area contributed by atoms with Gasteiger partial charge in [-0.3, -0.25) is 9.59 Å². The molecule has 6 rings (SSSR count). The lowest BCUT2D eigenvalue weighted by molar-refractivity contribution is 0.0943. The summed E-state index contributed by atoms with van der Waals surface area (Å²) in [6.45, 7) is 1.65. The molecule has 0 aromatic carbocycles. The van der Waals surface area contributed by atoms with Gasteiger partial charge < -0.3 is 33.6 Å². The molecule has 14 heteroatoms. The summed E-state index contributed by atoms with van der Waals surface area (Å²) in [6, 6.07) is 5.15. The highest BCUT2D eigenvalue weighted by atomic mass is 16.4. The van der Waals surface area contributed by atoms with Crippen molar-refractivity contribution in [2.24, 2.45) is 0 Å². The summed E-state index contributed by atoms with van der Waals surface area (Å²) in [6.07, 6.45) is 5.22. The maximum Gasteiger partial charge on any atom is 0.273 e. The smallest absolute Gasteiger partial charge is 0.273 e. The zero-order valence-corrected chi connectivity index (χ0v) is 19.1. The van der Waals surface area contributed by atoms with E-state index >= 15 is 0 Å². The van der Waals surface area contributed by atoms with Crippen molar-refractivity contribution in [1.82, 2.24) is 40.9 Å². The van der Waals surface area contributed by atoms with Crippen LogP contribution in [0.4, 0.5) is 0 Å². The minimum Gasteiger partial charge on any atom is -0.442 e. The molecule has 2 amide bonds. The number of hydrogen-bond donors (Lipinski definition) is 3. The standard InChI is InChI=1S/C23H18N8O6/c32-18-14-8-34-22(28-14)16-10-36-20(30-16)12-2-1-3-13(27-12)21-31-17(11-37-21)23-29-15(9-35-23)19(33)26-7-5-24-4-6-25-18/h1-3,8-11,24H,4-7H2,(H,25,32)(H,26,33). The molecule has 1 aliphatic heterocycles. The van der Waals surface area contributed by atoms with Gasteiger partial charge in [0.05, 0.1) is 0 Å². The van der Waals surface area contributed by atoms with E-state index in [0.717, 1.165) is 0 Å². The first-order valence-electron chi connectivity index (χ1n) is 11.2. The molecule has 0 atom stereocenters. The monoisotopic (exact) mass is 502 g/mol. The summed E-state index contributed by atoms with van der Waals surface area (Å²) in [5.41, 5.74) is 1.63. The molecule has 0 spiro atoms. The number of carbonyl (C=O) groups is 2. The molecule has 14 nitrogen and oxygen atoms in total. The summed E-state index contributed by atoms with van der Waals surface area (Å²) in [7, 11) is 0. The number of carbonyl (C=O) groups excluding carboxylic acids is 2. The Bertz CT molecular complexity index is 1470. The predicted molar refractivity (Wildman–Crippen MR) is 124 cm³/mol. The zero-order valence-electron chi connectivity index (χ0n) is 19.1. The Morgan fingerprint density at radius 3 is 1.41 bits per heavy atom. The Labute approximate surface area is 207 Å². The molecule has 186 valence electrons. The number of pyridine rings is 1. The first kappa shape index (κ1) is 22.4. The van der Waals surface area contributed by atoms with E-state index in [1.54, 1.807) is 18.2 Å². The maximum absolute atomic E-state index is 12.4. The third-order valence-electron chi connectivity index (χ3n) is 5.28. The second-order valence-corrected chi connectivity index (χ2v) is 7.82. The van der Waals surface area contributed by atoms with Crippen molar-refractivity contribution >= 4 is 11.8 Å². The van der Waals surface area contributed by atoms with Gasteiger partial charge in [-0.1, -0.05) is 6.07 Å². The van der Waals surface area contributed by atoms with Crippen molar-refractivity contribution < 1.29 is 27.3 Å². The Hall–Kier alpha value is -5.11. The molecule has 0 saturated carbocycles. The van der Waals surface area contributed by atoms with Crippen LogP contribution in [0.1, 0.15) is 21.0 Å². The molecule has 0 unspecified atom stereocenters. The number of rotatable bonds is 0. The number of aromatic nitrogens is 5. The lowest BCUT2D eigenvalue weighted by Crippen LogP contribution is -2.36. The number of nitrogens with zero attached hydrogens (tertiary/aromatic N) is 5. The van der Waals surface area contributed by atoms with Gasteiger partial charge in [-0.2, -0.15) is 0 Å². The lowest BCUT2D eigenvalue weighted by Gasteiger charge is -2.06. The molecule has 5 aromatic rings. The van der Waals surface area contributed by atoms with E-state index in [2.05, 4.69) is 40.9 Å². The van der Waals surface area contributed by atoms with Crippen LogP contribution < -0.4 is 16.0 Å². The number of fused-ring (bicyclic) bond motifs is 14. The maximum atomic E-state index is 12.4. The Morgan fingerprint density at radius 2 is 0.919 bits per heavy atom. The minimum absolute atomic E-state index is 0.105. The van der Waals surface area contributed by atoms with Crippen LogP contribution in [0, 0.1) is 0 Å². The average molecular weight is 502 g/mol. The van der Waals surface area contributed by atoms with Crippen LogP contribution in [0.15, 0.2) is 60.9 Å². The topological polar surface area (TPSA) is 187 Å². The molecule has 5 aromatic heterocycles. The van der Waals surface area contributed by atoms with Crippen LogP contribution in [0.3, 0.4) is 0 Å². The number of hydrogen-bond acceptors (Lipinski definition) is 12. The number of nitrogens with one attached hydrogen (secondary N) is 3. The van der Waals surface area contributed by atoms with Gasteiger partial charge in [0.25, 0.3) is 11.8 Å². The van der Waals surface area contributed by atoms with Crippen molar-refractivity contribution in [3.63, 3.8) is 0 Å². The molecule has 3 N–H and O–H groups in total.